The zero-order valence-corrected chi connectivity index (χ0v) is 16.6. The van der Waals surface area contributed by atoms with Crippen molar-refractivity contribution in [1.29, 1.82) is 0 Å². The topological polar surface area (TPSA) is 102 Å². The quantitative estimate of drug-likeness (QED) is 0.653. The third kappa shape index (κ3) is 5.02. The predicted molar refractivity (Wildman–Crippen MR) is 115 cm³/mol. The molecule has 0 fully saturated rings. The van der Waals surface area contributed by atoms with Gasteiger partial charge in [-0.3, -0.25) is 14.4 Å². The molecule has 7 heteroatoms. The molecule has 0 bridgehead atoms. The van der Waals surface area contributed by atoms with E-state index in [2.05, 4.69) is 5.32 Å². The molecule has 152 valence electrons. The highest BCUT2D eigenvalue weighted by molar-refractivity contribution is 6.04. The lowest BCUT2D eigenvalue weighted by Gasteiger charge is -2.15. The Morgan fingerprint density at radius 1 is 0.800 bits per heavy atom. The van der Waals surface area contributed by atoms with Crippen molar-refractivity contribution in [2.24, 2.45) is 5.73 Å². The summed E-state index contributed by atoms with van der Waals surface area (Å²) in [4.78, 5) is 36.5. The van der Waals surface area contributed by atoms with Crippen molar-refractivity contribution >= 4 is 29.1 Å². The summed E-state index contributed by atoms with van der Waals surface area (Å²) in [5.41, 5.74) is 7.45. The number of ether oxygens (including phenoxy) is 1. The molecule has 7 nitrogen and oxygen atoms in total. The summed E-state index contributed by atoms with van der Waals surface area (Å²) < 4.78 is 5.70. The maximum Gasteiger partial charge on any atom is 0.255 e. The first-order chi connectivity index (χ1) is 14.3. The average molecular weight is 403 g/mol. The van der Waals surface area contributed by atoms with E-state index < -0.39 is 5.91 Å². The van der Waals surface area contributed by atoms with Crippen LogP contribution in [0.25, 0.3) is 0 Å². The Bertz CT molecular complexity index is 1060. The lowest BCUT2D eigenvalue weighted by molar-refractivity contribution is -0.116. The highest BCUT2D eigenvalue weighted by atomic mass is 16.5. The van der Waals surface area contributed by atoms with Gasteiger partial charge >= 0.3 is 0 Å². The molecule has 0 spiro atoms. The SMILES string of the molecule is CC(=O)N(C)c1ccc(NC(=O)c2ccc(Oc3ccc(C(N)=O)cc3)cc2)cc1. The van der Waals surface area contributed by atoms with Gasteiger partial charge in [-0.15, -0.1) is 0 Å². The molecule has 3 aromatic rings. The molecular weight excluding hydrogens is 382 g/mol. The van der Waals surface area contributed by atoms with E-state index in [0.29, 0.717) is 28.3 Å². The summed E-state index contributed by atoms with van der Waals surface area (Å²) in [7, 11) is 1.69. The molecule has 0 unspecified atom stereocenters. The van der Waals surface area contributed by atoms with Crippen LogP contribution in [0.15, 0.2) is 72.8 Å². The minimum Gasteiger partial charge on any atom is -0.457 e. The summed E-state index contributed by atoms with van der Waals surface area (Å²) in [5, 5.41) is 2.81. The van der Waals surface area contributed by atoms with E-state index >= 15 is 0 Å². The van der Waals surface area contributed by atoms with Gasteiger partial charge in [-0.1, -0.05) is 0 Å². The summed E-state index contributed by atoms with van der Waals surface area (Å²) in [6.45, 7) is 1.49. The number of benzene rings is 3. The fraction of sp³-hybridized carbons (Fsp3) is 0.0870. The van der Waals surface area contributed by atoms with Crippen LogP contribution < -0.4 is 20.7 Å². The van der Waals surface area contributed by atoms with Crippen LogP contribution in [0.3, 0.4) is 0 Å². The number of hydrogen-bond donors (Lipinski definition) is 2. The van der Waals surface area contributed by atoms with E-state index in [1.807, 2.05) is 0 Å². The van der Waals surface area contributed by atoms with Crippen LogP contribution in [-0.4, -0.2) is 24.8 Å². The number of carbonyl (C=O) groups excluding carboxylic acids is 3. The number of anilines is 2. The number of primary amides is 1. The van der Waals surface area contributed by atoms with E-state index in [-0.39, 0.29) is 11.8 Å². The Kier molecular flexibility index (Phi) is 6.12. The lowest BCUT2D eigenvalue weighted by atomic mass is 10.2. The Balaban J connectivity index is 1.62. The second kappa shape index (κ2) is 8.91. The molecule has 0 radical (unpaired) electrons. The zero-order valence-electron chi connectivity index (χ0n) is 16.6. The second-order valence-corrected chi connectivity index (χ2v) is 6.59. The molecule has 3 amide bonds. The molecule has 0 saturated heterocycles. The van der Waals surface area contributed by atoms with Crippen molar-refractivity contribution in [3.8, 4) is 11.5 Å². The van der Waals surface area contributed by atoms with Crippen molar-refractivity contribution in [2.75, 3.05) is 17.3 Å². The maximum absolute atomic E-state index is 12.5. The van der Waals surface area contributed by atoms with Crippen LogP contribution >= 0.6 is 0 Å². The lowest BCUT2D eigenvalue weighted by Crippen LogP contribution is -2.22. The fourth-order valence-electron chi connectivity index (χ4n) is 2.65. The molecule has 0 aliphatic rings. The first-order valence-corrected chi connectivity index (χ1v) is 9.17. The summed E-state index contributed by atoms with van der Waals surface area (Å²) in [6.07, 6.45) is 0. The largest absolute Gasteiger partial charge is 0.457 e. The minimum absolute atomic E-state index is 0.0714. The van der Waals surface area contributed by atoms with Gasteiger partial charge in [0.25, 0.3) is 5.91 Å². The fourth-order valence-corrected chi connectivity index (χ4v) is 2.65. The summed E-state index contributed by atoms with van der Waals surface area (Å²) >= 11 is 0. The normalized spacial score (nSPS) is 10.2. The van der Waals surface area contributed by atoms with Gasteiger partial charge in [-0.2, -0.15) is 0 Å². The minimum atomic E-state index is -0.502. The molecule has 0 aliphatic heterocycles. The Morgan fingerprint density at radius 3 is 1.77 bits per heavy atom. The highest BCUT2D eigenvalue weighted by Gasteiger charge is 2.09. The standard InChI is InChI=1S/C23H21N3O4/c1-15(27)26(2)19-9-7-18(8-10-19)25-23(29)17-5-13-21(14-6-17)30-20-11-3-16(4-12-20)22(24)28/h3-14H,1-2H3,(H2,24,28)(H,25,29). The molecule has 3 N–H and O–H groups in total. The maximum atomic E-state index is 12.5. The number of nitrogens with zero attached hydrogens (tertiary/aromatic N) is 1. The zero-order chi connectivity index (χ0) is 21.7. The summed E-state index contributed by atoms with van der Waals surface area (Å²) in [5.74, 6) is 0.262. The molecule has 30 heavy (non-hydrogen) atoms. The van der Waals surface area contributed by atoms with E-state index in [9.17, 15) is 14.4 Å². The third-order valence-corrected chi connectivity index (χ3v) is 4.48. The Hall–Kier alpha value is -4.13. The monoisotopic (exact) mass is 403 g/mol. The van der Waals surface area contributed by atoms with Crippen molar-refractivity contribution in [1.82, 2.24) is 0 Å². The molecule has 0 aliphatic carbocycles. The average Bonchev–Trinajstić information content (AvgIpc) is 2.74. The van der Waals surface area contributed by atoms with E-state index in [0.717, 1.165) is 5.69 Å². The van der Waals surface area contributed by atoms with Crippen molar-refractivity contribution in [3.05, 3.63) is 83.9 Å². The molecule has 3 aromatic carbocycles. The van der Waals surface area contributed by atoms with Crippen LogP contribution in [0.4, 0.5) is 11.4 Å². The number of nitrogens with two attached hydrogens (primary N) is 1. The third-order valence-electron chi connectivity index (χ3n) is 4.48. The molecule has 0 heterocycles. The van der Waals surface area contributed by atoms with E-state index in [1.165, 1.54) is 11.8 Å². The number of nitrogens with one attached hydrogen (secondary N) is 1. The first-order valence-electron chi connectivity index (χ1n) is 9.17. The number of amides is 3. The van der Waals surface area contributed by atoms with Gasteiger partial charge in [0.2, 0.25) is 11.8 Å². The first kappa shape index (κ1) is 20.6. The van der Waals surface area contributed by atoms with Gasteiger partial charge in [0.1, 0.15) is 11.5 Å². The summed E-state index contributed by atoms with van der Waals surface area (Å²) in [6, 6.07) is 20.1. The van der Waals surface area contributed by atoms with Gasteiger partial charge in [0.15, 0.2) is 0 Å². The van der Waals surface area contributed by atoms with Gasteiger partial charge in [-0.25, -0.2) is 0 Å². The Labute approximate surface area is 174 Å². The van der Waals surface area contributed by atoms with Crippen molar-refractivity contribution in [3.63, 3.8) is 0 Å². The molecule has 3 rings (SSSR count). The predicted octanol–water partition coefficient (Wildman–Crippen LogP) is 3.81. The number of carbonyl (C=O) groups is 3. The molecule has 0 aromatic heterocycles. The van der Waals surface area contributed by atoms with Crippen molar-refractivity contribution in [2.45, 2.75) is 6.92 Å². The molecule has 0 atom stereocenters. The van der Waals surface area contributed by atoms with Crippen molar-refractivity contribution < 1.29 is 19.1 Å². The molecule has 0 saturated carbocycles. The highest BCUT2D eigenvalue weighted by Crippen LogP contribution is 2.23. The van der Waals surface area contributed by atoms with Gasteiger partial charge in [0.05, 0.1) is 0 Å². The van der Waals surface area contributed by atoms with Gasteiger partial charge in [-0.05, 0) is 72.8 Å². The van der Waals surface area contributed by atoms with Crippen LogP contribution in [-0.2, 0) is 4.79 Å². The number of hydrogen-bond acceptors (Lipinski definition) is 4. The number of rotatable bonds is 6. The van der Waals surface area contributed by atoms with Gasteiger partial charge in [0, 0.05) is 36.5 Å². The van der Waals surface area contributed by atoms with Crippen LogP contribution in [0, 0.1) is 0 Å². The van der Waals surface area contributed by atoms with E-state index in [1.54, 1.807) is 79.8 Å². The second-order valence-electron chi connectivity index (χ2n) is 6.59. The molecular formula is C23H21N3O4. The van der Waals surface area contributed by atoms with Gasteiger partial charge < -0.3 is 20.7 Å². The smallest absolute Gasteiger partial charge is 0.255 e. The van der Waals surface area contributed by atoms with E-state index in [4.69, 9.17) is 10.5 Å². The van der Waals surface area contributed by atoms with Crippen LogP contribution in [0.1, 0.15) is 27.6 Å². The van der Waals surface area contributed by atoms with Crippen LogP contribution in [0.5, 0.6) is 11.5 Å². The Morgan fingerprint density at radius 2 is 1.30 bits per heavy atom. The van der Waals surface area contributed by atoms with Crippen LogP contribution in [0.2, 0.25) is 0 Å².